The minimum absolute atomic E-state index is 0.00400. The van der Waals surface area contributed by atoms with Crippen LogP contribution in [0.4, 0.5) is 4.39 Å². The third kappa shape index (κ3) is 6.09. The molecule has 1 fully saturated rings. The second-order valence-corrected chi connectivity index (χ2v) is 11.9. The molecule has 1 atom stereocenters. The summed E-state index contributed by atoms with van der Waals surface area (Å²) in [5, 5.41) is 47.6. The molecule has 5 heterocycles. The molecule has 17 heteroatoms. The number of tetrazole rings is 1. The lowest BCUT2D eigenvalue weighted by atomic mass is 10.0. The Morgan fingerprint density at radius 3 is 2.45 bits per heavy atom. The lowest BCUT2D eigenvalue weighted by molar-refractivity contribution is -0.615. The summed E-state index contributed by atoms with van der Waals surface area (Å²) in [5.74, 6) is -1.76. The topological polar surface area (TPSA) is 177 Å². The second-order valence-electron chi connectivity index (χ2n) is 11.5. The zero-order valence-corrected chi connectivity index (χ0v) is 26.6. The first-order valence-corrected chi connectivity index (χ1v) is 15.6. The maximum absolute atomic E-state index is 15.5. The van der Waals surface area contributed by atoms with Crippen LogP contribution < -0.4 is 4.73 Å². The summed E-state index contributed by atoms with van der Waals surface area (Å²) in [6.45, 7) is 2.74. The molecule has 0 radical (unpaired) electrons. The molecule has 0 bridgehead atoms. The van der Waals surface area contributed by atoms with E-state index in [2.05, 4.69) is 30.9 Å². The average Bonchev–Trinajstić information content (AvgIpc) is 3.91. The Kier molecular flexibility index (Phi) is 8.29. The van der Waals surface area contributed by atoms with E-state index >= 15 is 4.39 Å². The van der Waals surface area contributed by atoms with Crippen LogP contribution in [0.5, 0.6) is 0 Å². The van der Waals surface area contributed by atoms with Crippen LogP contribution in [0, 0.1) is 11.0 Å². The number of aromatic carboxylic acids is 1. The summed E-state index contributed by atoms with van der Waals surface area (Å²) in [6.07, 6.45) is 9.02. The van der Waals surface area contributed by atoms with Gasteiger partial charge in [0.1, 0.15) is 12.0 Å². The van der Waals surface area contributed by atoms with E-state index in [0.717, 1.165) is 0 Å². The van der Waals surface area contributed by atoms with Crippen molar-refractivity contribution in [2.24, 2.45) is 0 Å². The van der Waals surface area contributed by atoms with E-state index in [1.165, 1.54) is 35.4 Å². The minimum Gasteiger partial charge on any atom is -0.618 e. The van der Waals surface area contributed by atoms with Crippen molar-refractivity contribution in [1.29, 1.82) is 0 Å². The van der Waals surface area contributed by atoms with Crippen molar-refractivity contribution in [3.05, 3.63) is 113 Å². The highest BCUT2D eigenvalue weighted by Gasteiger charge is 2.31. The van der Waals surface area contributed by atoms with E-state index in [0.29, 0.717) is 47.5 Å². The van der Waals surface area contributed by atoms with E-state index in [9.17, 15) is 19.9 Å². The van der Waals surface area contributed by atoms with Gasteiger partial charge in [0.2, 0.25) is 11.6 Å². The molecular formula is C32H27ClFN11O4. The first-order valence-electron chi connectivity index (χ1n) is 15.2. The molecule has 1 N–H and O–H groups in total. The fourth-order valence-electron chi connectivity index (χ4n) is 6.03. The zero-order valence-electron chi connectivity index (χ0n) is 25.8. The first-order chi connectivity index (χ1) is 23.7. The molecule has 49 heavy (non-hydrogen) atoms. The van der Waals surface area contributed by atoms with Crippen molar-refractivity contribution in [3.63, 3.8) is 0 Å². The van der Waals surface area contributed by atoms with Gasteiger partial charge in [0.15, 0.2) is 18.1 Å². The molecule has 1 aliphatic heterocycles. The molecule has 6 aromatic rings. The summed E-state index contributed by atoms with van der Waals surface area (Å²) in [6, 6.07) is 11.6. The highest BCUT2D eigenvalue weighted by Crippen LogP contribution is 2.34. The number of benzene rings is 2. The maximum atomic E-state index is 15.5. The summed E-state index contributed by atoms with van der Waals surface area (Å²) in [7, 11) is 0. The van der Waals surface area contributed by atoms with E-state index in [1.807, 2.05) is 0 Å². The van der Waals surface area contributed by atoms with E-state index in [-0.39, 0.29) is 45.0 Å². The van der Waals surface area contributed by atoms with Crippen LogP contribution in [0.2, 0.25) is 5.02 Å². The van der Waals surface area contributed by atoms with E-state index in [4.69, 9.17) is 11.6 Å². The Labute approximate surface area is 282 Å². The Morgan fingerprint density at radius 2 is 1.78 bits per heavy atom. The van der Waals surface area contributed by atoms with Crippen molar-refractivity contribution < 1.29 is 23.8 Å². The smallest absolute Gasteiger partial charge is 0.335 e. The number of carbonyl (C=O) groups is 2. The van der Waals surface area contributed by atoms with Crippen LogP contribution in [0.15, 0.2) is 79.6 Å². The molecule has 15 nitrogen and oxygen atoms in total. The Balaban J connectivity index is 1.29. The van der Waals surface area contributed by atoms with Crippen molar-refractivity contribution in [1.82, 2.24) is 49.9 Å². The first kappa shape index (κ1) is 31.6. The molecule has 248 valence electrons. The van der Waals surface area contributed by atoms with Crippen LogP contribution in [-0.2, 0) is 4.79 Å². The van der Waals surface area contributed by atoms with Crippen LogP contribution in [0.25, 0.3) is 27.9 Å². The highest BCUT2D eigenvalue weighted by atomic mass is 35.5. The number of carbonyl (C=O) groups excluding carboxylic acids is 1. The van der Waals surface area contributed by atoms with Gasteiger partial charge >= 0.3 is 5.97 Å². The number of carboxylic acid groups (broad SMARTS) is 1. The summed E-state index contributed by atoms with van der Waals surface area (Å²) >= 11 is 6.15. The molecule has 0 aliphatic carbocycles. The van der Waals surface area contributed by atoms with Gasteiger partial charge in [-0.1, -0.05) is 28.9 Å². The predicted molar refractivity (Wildman–Crippen MR) is 171 cm³/mol. The average molecular weight is 684 g/mol. The fraction of sp³-hybridized carbons (Fsp3) is 0.219. The van der Waals surface area contributed by atoms with Crippen molar-refractivity contribution in [2.75, 3.05) is 13.1 Å². The molecule has 4 aromatic heterocycles. The van der Waals surface area contributed by atoms with Crippen LogP contribution >= 0.6 is 11.6 Å². The molecular weight excluding hydrogens is 657 g/mol. The molecule has 1 amide bonds. The molecule has 0 saturated carbocycles. The van der Waals surface area contributed by atoms with Gasteiger partial charge in [-0.2, -0.15) is 14.5 Å². The summed E-state index contributed by atoms with van der Waals surface area (Å²) in [5.41, 5.74) is 2.70. The molecule has 7 rings (SSSR count). The third-order valence-electron chi connectivity index (χ3n) is 8.61. The van der Waals surface area contributed by atoms with Crippen LogP contribution in [-0.4, -0.2) is 80.0 Å². The van der Waals surface area contributed by atoms with E-state index in [1.54, 1.807) is 70.1 Å². The number of pyridine rings is 1. The number of likely N-dealkylation sites (tertiary alicyclic amines) is 1. The molecule has 0 spiro atoms. The van der Waals surface area contributed by atoms with Gasteiger partial charge in [0, 0.05) is 37.8 Å². The predicted octanol–water partition coefficient (Wildman–Crippen LogP) is 3.73. The zero-order chi connectivity index (χ0) is 34.2. The number of hydrogen-bond acceptors (Lipinski definition) is 9. The third-order valence-corrected chi connectivity index (χ3v) is 8.90. The minimum atomic E-state index is -1.04. The number of aromatic nitrogens is 10. The SMILES string of the molecule is CC(=O)N1CCC(n2cc(C(c3ccc(-c4c(-n5cnnn5)ccc(Cl)c4F)c[n+]3[O-])n3cc(-c4ccc(C(=O)O)cc4)cn3)nn2)CC1. The number of nitrogens with zero attached hydrogens (tertiary/aromatic N) is 11. The maximum Gasteiger partial charge on any atom is 0.335 e. The Morgan fingerprint density at radius 1 is 1.02 bits per heavy atom. The standard InChI is InChI=1S/C32H27ClFN11O4/c1-19(46)41-12-10-24(11-13-41)42-17-26(37-39-42)31(43-15-23(14-36-43)20-2-4-21(5-3-20)32(47)48)28-8-6-22(16-45(28)49)29-27(44-18-35-38-40-44)9-7-25(33)30(29)34/h2-9,14-18,24,31H,10-13H2,1H3,(H,47,48). The van der Waals surface area contributed by atoms with Gasteiger partial charge in [0.25, 0.3) is 0 Å². The van der Waals surface area contributed by atoms with Crippen molar-refractivity contribution in [3.8, 4) is 27.9 Å². The van der Waals surface area contributed by atoms with Gasteiger partial charge in [-0.05, 0) is 59.2 Å². The number of rotatable bonds is 8. The van der Waals surface area contributed by atoms with Crippen LogP contribution in [0.3, 0.4) is 0 Å². The molecule has 1 unspecified atom stereocenters. The second kappa shape index (κ2) is 12.9. The van der Waals surface area contributed by atoms with Crippen molar-refractivity contribution >= 4 is 23.5 Å². The molecule has 2 aromatic carbocycles. The highest BCUT2D eigenvalue weighted by molar-refractivity contribution is 6.31. The summed E-state index contributed by atoms with van der Waals surface area (Å²) < 4.78 is 20.7. The van der Waals surface area contributed by atoms with Gasteiger partial charge in [-0.25, -0.2) is 13.9 Å². The van der Waals surface area contributed by atoms with Gasteiger partial charge < -0.3 is 15.2 Å². The van der Waals surface area contributed by atoms with Crippen LogP contribution in [0.1, 0.15) is 53.6 Å². The Hall–Kier alpha value is -6.03. The lowest BCUT2D eigenvalue weighted by Gasteiger charge is -2.31. The lowest BCUT2D eigenvalue weighted by Crippen LogP contribution is -2.37. The van der Waals surface area contributed by atoms with E-state index < -0.39 is 17.8 Å². The Bertz CT molecular complexity index is 2160. The normalized spacial score (nSPS) is 14.2. The quantitative estimate of drug-likeness (QED) is 0.184. The molecule has 1 aliphatic rings. The molecule has 1 saturated heterocycles. The number of piperidine rings is 1. The van der Waals surface area contributed by atoms with Gasteiger partial charge in [-0.15, -0.1) is 10.2 Å². The number of halogens is 2. The summed E-state index contributed by atoms with van der Waals surface area (Å²) in [4.78, 5) is 25.0. The number of amides is 1. The fourth-order valence-corrected chi connectivity index (χ4v) is 6.18. The van der Waals surface area contributed by atoms with Gasteiger partial charge in [0.05, 0.1) is 45.8 Å². The monoisotopic (exact) mass is 683 g/mol. The number of hydrogen-bond donors (Lipinski definition) is 1. The van der Waals surface area contributed by atoms with Gasteiger partial charge in [-0.3, -0.25) is 9.48 Å². The number of carboxylic acids is 1. The largest absolute Gasteiger partial charge is 0.618 e. The van der Waals surface area contributed by atoms with Crippen molar-refractivity contribution in [2.45, 2.75) is 31.8 Å².